The number of hydrogen-bond acceptors (Lipinski definition) is 5. The van der Waals surface area contributed by atoms with E-state index in [-0.39, 0.29) is 0 Å². The van der Waals surface area contributed by atoms with E-state index in [1.807, 2.05) is 12.1 Å². The van der Waals surface area contributed by atoms with Gasteiger partial charge in [0.15, 0.2) is 0 Å². The monoisotopic (exact) mass is 239 g/mol. The molecular weight excluding hydrogens is 218 g/mol. The molecule has 1 rings (SSSR count). The van der Waals surface area contributed by atoms with Crippen LogP contribution in [0.5, 0.6) is 0 Å². The van der Waals surface area contributed by atoms with E-state index < -0.39 is 6.10 Å². The molecule has 0 aliphatic carbocycles. The van der Waals surface area contributed by atoms with E-state index >= 15 is 0 Å². The molecule has 1 aromatic heterocycles. The van der Waals surface area contributed by atoms with Gasteiger partial charge >= 0.3 is 0 Å². The molecule has 0 aliphatic rings. The van der Waals surface area contributed by atoms with Gasteiger partial charge in [-0.05, 0) is 18.1 Å². The SMILES string of the molecule is CC(C)COCC(O)CNCc1cccnn1. The zero-order valence-electron chi connectivity index (χ0n) is 10.5. The van der Waals surface area contributed by atoms with Gasteiger partial charge in [-0.1, -0.05) is 13.8 Å². The standard InChI is InChI=1S/C12H21N3O2/c1-10(2)8-17-9-12(16)7-13-6-11-4-3-5-14-15-11/h3-5,10,12-13,16H,6-9H2,1-2H3. The minimum atomic E-state index is -0.481. The third-order valence-corrected chi connectivity index (χ3v) is 2.08. The Balaban J connectivity index is 2.06. The number of aliphatic hydroxyl groups is 1. The second-order valence-corrected chi connectivity index (χ2v) is 4.43. The van der Waals surface area contributed by atoms with Crippen LogP contribution >= 0.6 is 0 Å². The maximum absolute atomic E-state index is 9.62. The van der Waals surface area contributed by atoms with Crippen LogP contribution < -0.4 is 5.32 Å². The normalized spacial score (nSPS) is 12.9. The molecule has 1 heterocycles. The first kappa shape index (κ1) is 14.0. The van der Waals surface area contributed by atoms with Crippen LogP contribution in [0.1, 0.15) is 19.5 Å². The van der Waals surface area contributed by atoms with E-state index in [1.165, 1.54) is 0 Å². The van der Waals surface area contributed by atoms with Crippen LogP contribution in [0.2, 0.25) is 0 Å². The van der Waals surface area contributed by atoms with Crippen molar-refractivity contribution in [3.63, 3.8) is 0 Å². The molecule has 0 amide bonds. The highest BCUT2D eigenvalue weighted by molar-refractivity contribution is 4.98. The zero-order valence-corrected chi connectivity index (χ0v) is 10.5. The number of hydrogen-bond donors (Lipinski definition) is 2. The summed E-state index contributed by atoms with van der Waals surface area (Å²) in [6.45, 7) is 6.31. The summed E-state index contributed by atoms with van der Waals surface area (Å²) in [5.41, 5.74) is 0.864. The minimum absolute atomic E-state index is 0.367. The molecule has 0 radical (unpaired) electrons. The lowest BCUT2D eigenvalue weighted by Crippen LogP contribution is -2.30. The quantitative estimate of drug-likeness (QED) is 0.695. The summed E-state index contributed by atoms with van der Waals surface area (Å²) in [7, 11) is 0. The number of ether oxygens (including phenoxy) is 1. The van der Waals surface area contributed by atoms with E-state index in [1.54, 1.807) is 6.20 Å². The van der Waals surface area contributed by atoms with Gasteiger partial charge in [0.1, 0.15) is 0 Å². The van der Waals surface area contributed by atoms with Gasteiger partial charge in [-0.25, -0.2) is 0 Å². The first-order chi connectivity index (χ1) is 8.18. The smallest absolute Gasteiger partial charge is 0.0897 e. The number of rotatable bonds is 8. The predicted octanol–water partition coefficient (Wildman–Crippen LogP) is 0.600. The number of nitrogens with one attached hydrogen (secondary N) is 1. The summed E-state index contributed by atoms with van der Waals surface area (Å²) in [6, 6.07) is 3.73. The molecule has 0 aliphatic heterocycles. The van der Waals surface area contributed by atoms with Crippen LogP contribution in [0.3, 0.4) is 0 Å². The van der Waals surface area contributed by atoms with Gasteiger partial charge in [-0.15, -0.1) is 0 Å². The van der Waals surface area contributed by atoms with Crippen LogP contribution in [-0.4, -0.2) is 41.2 Å². The molecule has 17 heavy (non-hydrogen) atoms. The lowest BCUT2D eigenvalue weighted by molar-refractivity contribution is 0.0260. The van der Waals surface area contributed by atoms with Crippen LogP contribution in [0, 0.1) is 5.92 Å². The van der Waals surface area contributed by atoms with Crippen molar-refractivity contribution in [1.29, 1.82) is 0 Å². The van der Waals surface area contributed by atoms with E-state index in [0.29, 0.717) is 32.2 Å². The van der Waals surface area contributed by atoms with Crippen molar-refractivity contribution in [2.75, 3.05) is 19.8 Å². The molecule has 1 aromatic rings. The van der Waals surface area contributed by atoms with Crippen molar-refractivity contribution in [3.05, 3.63) is 24.0 Å². The first-order valence-corrected chi connectivity index (χ1v) is 5.91. The highest BCUT2D eigenvalue weighted by Crippen LogP contribution is 1.94. The maximum atomic E-state index is 9.62. The van der Waals surface area contributed by atoms with E-state index in [9.17, 15) is 5.11 Å². The van der Waals surface area contributed by atoms with Gasteiger partial charge in [-0.2, -0.15) is 10.2 Å². The molecule has 0 saturated heterocycles. The number of aromatic nitrogens is 2. The van der Waals surface area contributed by atoms with Gasteiger partial charge in [0.2, 0.25) is 0 Å². The minimum Gasteiger partial charge on any atom is -0.389 e. The van der Waals surface area contributed by atoms with Crippen molar-refractivity contribution in [1.82, 2.24) is 15.5 Å². The third-order valence-electron chi connectivity index (χ3n) is 2.08. The molecular formula is C12H21N3O2. The molecule has 96 valence electrons. The summed E-state index contributed by atoms with van der Waals surface area (Å²) < 4.78 is 5.34. The molecule has 5 nitrogen and oxygen atoms in total. The molecule has 1 unspecified atom stereocenters. The Morgan fingerprint density at radius 2 is 2.24 bits per heavy atom. The van der Waals surface area contributed by atoms with Crippen molar-refractivity contribution in [3.8, 4) is 0 Å². The van der Waals surface area contributed by atoms with Gasteiger partial charge in [-0.3, -0.25) is 0 Å². The molecule has 0 saturated carbocycles. The van der Waals surface area contributed by atoms with Crippen LogP contribution in [-0.2, 0) is 11.3 Å². The van der Waals surface area contributed by atoms with Crippen LogP contribution in [0.25, 0.3) is 0 Å². The van der Waals surface area contributed by atoms with Crippen molar-refractivity contribution < 1.29 is 9.84 Å². The van der Waals surface area contributed by atoms with Gasteiger partial charge in [0.05, 0.1) is 18.4 Å². The van der Waals surface area contributed by atoms with E-state index in [0.717, 1.165) is 5.69 Å². The maximum Gasteiger partial charge on any atom is 0.0897 e. The first-order valence-electron chi connectivity index (χ1n) is 5.91. The number of aliphatic hydroxyl groups excluding tert-OH is 1. The van der Waals surface area contributed by atoms with Crippen molar-refractivity contribution >= 4 is 0 Å². The Hall–Kier alpha value is -1.04. The molecule has 0 fully saturated rings. The topological polar surface area (TPSA) is 67.3 Å². The molecule has 0 spiro atoms. The van der Waals surface area contributed by atoms with E-state index in [4.69, 9.17) is 4.74 Å². The molecule has 2 N–H and O–H groups in total. The average Bonchev–Trinajstić information content (AvgIpc) is 2.30. The molecule has 0 aromatic carbocycles. The molecule has 0 bridgehead atoms. The summed E-state index contributed by atoms with van der Waals surface area (Å²) in [5, 5.41) is 20.4. The fourth-order valence-corrected chi connectivity index (χ4v) is 1.29. The van der Waals surface area contributed by atoms with E-state index in [2.05, 4.69) is 29.4 Å². The lowest BCUT2D eigenvalue weighted by atomic mass is 10.2. The number of nitrogens with zero attached hydrogens (tertiary/aromatic N) is 2. The summed E-state index contributed by atoms with van der Waals surface area (Å²) in [5.74, 6) is 0.495. The highest BCUT2D eigenvalue weighted by atomic mass is 16.5. The highest BCUT2D eigenvalue weighted by Gasteiger charge is 2.04. The Kier molecular flexibility index (Phi) is 6.69. The lowest BCUT2D eigenvalue weighted by Gasteiger charge is -2.13. The van der Waals surface area contributed by atoms with Gasteiger partial charge in [0, 0.05) is 25.9 Å². The van der Waals surface area contributed by atoms with Crippen LogP contribution in [0.4, 0.5) is 0 Å². The molecule has 1 atom stereocenters. The second-order valence-electron chi connectivity index (χ2n) is 4.43. The van der Waals surface area contributed by atoms with Gasteiger partial charge < -0.3 is 15.2 Å². The summed E-state index contributed by atoms with van der Waals surface area (Å²) in [4.78, 5) is 0. The van der Waals surface area contributed by atoms with Crippen molar-refractivity contribution in [2.45, 2.75) is 26.5 Å². The van der Waals surface area contributed by atoms with Crippen LogP contribution in [0.15, 0.2) is 18.3 Å². The van der Waals surface area contributed by atoms with Crippen molar-refractivity contribution in [2.24, 2.45) is 5.92 Å². The Morgan fingerprint density at radius 3 is 2.88 bits per heavy atom. The Bertz CT molecular complexity index is 293. The molecule has 5 heteroatoms. The average molecular weight is 239 g/mol. The predicted molar refractivity (Wildman–Crippen MR) is 65.4 cm³/mol. The largest absolute Gasteiger partial charge is 0.389 e. The fraction of sp³-hybridized carbons (Fsp3) is 0.667. The summed E-state index contributed by atoms with van der Waals surface area (Å²) >= 11 is 0. The Morgan fingerprint density at radius 1 is 1.41 bits per heavy atom. The fourth-order valence-electron chi connectivity index (χ4n) is 1.29. The third kappa shape index (κ3) is 6.99. The van der Waals surface area contributed by atoms with Gasteiger partial charge in [0.25, 0.3) is 0 Å². The zero-order chi connectivity index (χ0) is 12.5. The summed E-state index contributed by atoms with van der Waals surface area (Å²) in [6.07, 6.45) is 1.16. The Labute approximate surface area is 102 Å². The second kappa shape index (κ2) is 8.11.